The van der Waals surface area contributed by atoms with Crippen LogP contribution in [0.25, 0.3) is 0 Å². The smallest absolute Gasteiger partial charge is 0.481 e. The summed E-state index contributed by atoms with van der Waals surface area (Å²) >= 11 is 1.15. The molecule has 2 amide bonds. The number of nitrogens with one attached hydrogen (secondary N) is 1. The molecule has 3 saturated heterocycles. The molecule has 2 N–H and O–H groups in total. The molecule has 4 fully saturated rings. The van der Waals surface area contributed by atoms with E-state index in [4.69, 9.17) is 5.11 Å². The van der Waals surface area contributed by atoms with Gasteiger partial charge in [0.2, 0.25) is 11.8 Å². The third kappa shape index (κ3) is 7.12. The molecule has 3 atom stereocenters. The van der Waals surface area contributed by atoms with Crippen LogP contribution in [0.1, 0.15) is 44.9 Å². The van der Waals surface area contributed by atoms with Gasteiger partial charge in [0.25, 0.3) is 0 Å². The molecule has 4 aliphatic rings. The zero-order valence-corrected chi connectivity index (χ0v) is 23.8. The summed E-state index contributed by atoms with van der Waals surface area (Å²) in [5, 5.41) is 20.9. The second-order valence-electron chi connectivity index (χ2n) is 11.4. The largest absolute Gasteiger partial charge is 0.573 e. The first-order chi connectivity index (χ1) is 20.0. The average molecular weight is 610 g/mol. The van der Waals surface area contributed by atoms with E-state index in [0.717, 1.165) is 44.2 Å². The lowest BCUT2D eigenvalue weighted by Crippen LogP contribution is -2.63. The number of alkyl halides is 3. The van der Waals surface area contributed by atoms with Crippen molar-refractivity contribution in [1.82, 2.24) is 20.0 Å². The minimum Gasteiger partial charge on any atom is -0.481 e. The van der Waals surface area contributed by atoms with Crippen LogP contribution in [-0.2, 0) is 14.4 Å². The van der Waals surface area contributed by atoms with Crippen molar-refractivity contribution in [2.75, 3.05) is 32.7 Å². The zero-order valence-electron chi connectivity index (χ0n) is 23.0. The molecule has 0 spiro atoms. The highest BCUT2D eigenvalue weighted by atomic mass is 32.2. The van der Waals surface area contributed by atoms with Gasteiger partial charge in [-0.1, -0.05) is 12.1 Å². The number of carboxylic acids is 1. The molecule has 5 rings (SSSR count). The third-order valence-corrected chi connectivity index (χ3v) is 9.82. The second kappa shape index (κ2) is 12.3. The first kappa shape index (κ1) is 30.4. The average Bonchev–Trinajstić information content (AvgIpc) is 3.56. The molecular weight excluding hydrogens is 575 g/mol. The normalized spacial score (nSPS) is 26.2. The number of nitriles is 1. The van der Waals surface area contributed by atoms with Gasteiger partial charge in [-0.25, -0.2) is 0 Å². The summed E-state index contributed by atoms with van der Waals surface area (Å²) in [5.41, 5.74) is -0.915. The molecule has 1 unspecified atom stereocenters. The van der Waals surface area contributed by atoms with E-state index in [1.54, 1.807) is 11.0 Å². The first-order valence-corrected chi connectivity index (χ1v) is 15.1. The highest BCUT2D eigenvalue weighted by Gasteiger charge is 2.51. The molecule has 228 valence electrons. The molecule has 3 aliphatic heterocycles. The van der Waals surface area contributed by atoms with Crippen LogP contribution in [0.2, 0.25) is 0 Å². The van der Waals surface area contributed by atoms with Gasteiger partial charge in [-0.3, -0.25) is 19.3 Å². The number of hydrogen-bond donors (Lipinski definition) is 2. The highest BCUT2D eigenvalue weighted by molar-refractivity contribution is 8.00. The van der Waals surface area contributed by atoms with Gasteiger partial charge in [-0.05, 0) is 63.7 Å². The Hall–Kier alpha value is -3.02. The van der Waals surface area contributed by atoms with Crippen LogP contribution in [0.5, 0.6) is 5.75 Å². The number of carbonyl (C=O) groups excluding carboxylic acids is 2. The number of thioether (sulfide) groups is 1. The molecule has 0 bridgehead atoms. The Balaban J connectivity index is 1.27. The molecule has 14 heteroatoms. The summed E-state index contributed by atoms with van der Waals surface area (Å²) in [7, 11) is 0. The Kier molecular flexibility index (Phi) is 8.91. The number of likely N-dealkylation sites (tertiary alicyclic amines) is 3. The Bertz CT molecular complexity index is 1230. The molecule has 0 aromatic heterocycles. The van der Waals surface area contributed by atoms with Crippen molar-refractivity contribution >= 4 is 29.5 Å². The lowest BCUT2D eigenvalue weighted by atomic mass is 9.93. The minimum atomic E-state index is -4.85. The number of para-hydroxylation sites is 1. The van der Waals surface area contributed by atoms with Gasteiger partial charge in [0.15, 0.2) is 0 Å². The van der Waals surface area contributed by atoms with Crippen LogP contribution in [0, 0.1) is 11.3 Å². The number of ether oxygens (including phenoxy) is 1. The molecule has 3 heterocycles. The number of carbonyl (C=O) groups is 3. The summed E-state index contributed by atoms with van der Waals surface area (Å²) < 4.78 is 43.2. The number of aliphatic carboxylic acids is 1. The van der Waals surface area contributed by atoms with Gasteiger partial charge >= 0.3 is 12.3 Å². The predicted octanol–water partition coefficient (Wildman–Crippen LogP) is 2.83. The van der Waals surface area contributed by atoms with Crippen LogP contribution >= 0.6 is 11.8 Å². The molecule has 1 aromatic rings. The van der Waals surface area contributed by atoms with Crippen molar-refractivity contribution in [3.8, 4) is 11.8 Å². The van der Waals surface area contributed by atoms with Crippen LogP contribution < -0.4 is 10.1 Å². The monoisotopic (exact) mass is 609 g/mol. The van der Waals surface area contributed by atoms with Crippen molar-refractivity contribution < 1.29 is 37.4 Å². The number of rotatable bonds is 10. The van der Waals surface area contributed by atoms with Gasteiger partial charge in [0.05, 0.1) is 23.4 Å². The fraction of sp³-hybridized carbons (Fsp3) is 0.643. The Morgan fingerprint density at radius 2 is 1.83 bits per heavy atom. The molecule has 42 heavy (non-hydrogen) atoms. The first-order valence-electron chi connectivity index (χ1n) is 14.2. The van der Waals surface area contributed by atoms with Crippen LogP contribution in [0.15, 0.2) is 29.2 Å². The van der Waals surface area contributed by atoms with Gasteiger partial charge in [-0.2, -0.15) is 5.26 Å². The number of halogens is 3. The highest BCUT2D eigenvalue weighted by Crippen LogP contribution is 2.41. The van der Waals surface area contributed by atoms with E-state index in [-0.39, 0.29) is 47.2 Å². The van der Waals surface area contributed by atoms with Crippen molar-refractivity contribution in [2.24, 2.45) is 0 Å². The van der Waals surface area contributed by atoms with Gasteiger partial charge in [0, 0.05) is 30.9 Å². The van der Waals surface area contributed by atoms with Crippen molar-refractivity contribution in [1.29, 1.82) is 5.26 Å². The van der Waals surface area contributed by atoms with Gasteiger partial charge in [-0.15, -0.1) is 24.9 Å². The second-order valence-corrected chi connectivity index (χ2v) is 12.8. The number of amides is 2. The summed E-state index contributed by atoms with van der Waals surface area (Å²) in [6, 6.07) is 6.90. The summed E-state index contributed by atoms with van der Waals surface area (Å²) in [4.78, 5) is 44.3. The van der Waals surface area contributed by atoms with E-state index in [1.165, 1.54) is 18.2 Å². The number of benzene rings is 1. The SMILES string of the molecule is N#CC1(NC(=O)[C@@H]2C[C@@H](Sc3ccccc3OC(F)(F)F)CN2C(=O)C2CCN2C2CCN(CCC(=O)O)CC2)CC1. The maximum Gasteiger partial charge on any atom is 0.573 e. The third-order valence-electron chi connectivity index (χ3n) is 8.56. The Morgan fingerprint density at radius 3 is 2.43 bits per heavy atom. The number of piperidine rings is 1. The molecule has 1 aliphatic carbocycles. The van der Waals surface area contributed by atoms with Crippen molar-refractivity contribution in [3.05, 3.63) is 24.3 Å². The lowest BCUT2D eigenvalue weighted by molar-refractivity contribution is -0.275. The van der Waals surface area contributed by atoms with Gasteiger partial charge < -0.3 is 25.0 Å². The van der Waals surface area contributed by atoms with Crippen molar-refractivity contribution in [2.45, 2.75) is 85.1 Å². The van der Waals surface area contributed by atoms with E-state index >= 15 is 0 Å². The maximum atomic E-state index is 13.9. The minimum absolute atomic E-state index is 0.0903. The van der Waals surface area contributed by atoms with Crippen LogP contribution in [0.4, 0.5) is 13.2 Å². The summed E-state index contributed by atoms with van der Waals surface area (Å²) in [5.74, 6) is -1.76. The fourth-order valence-corrected chi connectivity index (χ4v) is 7.31. The quantitative estimate of drug-likeness (QED) is 0.412. The maximum absolute atomic E-state index is 13.9. The molecule has 10 nitrogen and oxygen atoms in total. The number of hydrogen-bond acceptors (Lipinski definition) is 8. The van der Waals surface area contributed by atoms with E-state index in [1.807, 2.05) is 0 Å². The van der Waals surface area contributed by atoms with Gasteiger partial charge in [0.1, 0.15) is 17.3 Å². The van der Waals surface area contributed by atoms with Crippen LogP contribution in [-0.4, -0.2) is 106 Å². The Labute approximate surface area is 246 Å². The van der Waals surface area contributed by atoms with E-state index in [2.05, 4.69) is 25.9 Å². The lowest BCUT2D eigenvalue weighted by Gasteiger charge is -2.49. The van der Waals surface area contributed by atoms with E-state index in [0.29, 0.717) is 25.8 Å². The molecular formula is C28H34F3N5O5S. The molecule has 1 aromatic carbocycles. The molecule has 1 saturated carbocycles. The fourth-order valence-electron chi connectivity index (χ4n) is 6.05. The predicted molar refractivity (Wildman–Crippen MR) is 145 cm³/mol. The van der Waals surface area contributed by atoms with Crippen molar-refractivity contribution in [3.63, 3.8) is 0 Å². The van der Waals surface area contributed by atoms with Crippen LogP contribution in [0.3, 0.4) is 0 Å². The molecule has 0 radical (unpaired) electrons. The topological polar surface area (TPSA) is 126 Å². The van der Waals surface area contributed by atoms with E-state index < -0.39 is 35.9 Å². The Morgan fingerprint density at radius 1 is 1.12 bits per heavy atom. The zero-order chi connectivity index (χ0) is 30.1. The van der Waals surface area contributed by atoms with E-state index in [9.17, 15) is 32.8 Å². The summed E-state index contributed by atoms with van der Waals surface area (Å²) in [6.45, 7) is 2.92. The summed E-state index contributed by atoms with van der Waals surface area (Å²) in [6.07, 6.45) is -1.18. The number of nitrogens with zero attached hydrogens (tertiary/aromatic N) is 4. The standard InChI is InChI=1S/C28H34F3N5O5S/c29-28(30,31)41-22-3-1-2-4-23(22)42-19-15-21(25(39)33-27(17-32)9-10-27)36(16-19)26(40)20-7-14-35(20)18-5-11-34(12-6-18)13-8-24(37)38/h1-4,18-21H,5-16H2,(H,33,39)(H,37,38)/t19-,20?,21+/m1/s1. The number of carboxylic acid groups (broad SMARTS) is 1.